The largest absolute Gasteiger partial charge is 0.385 e. The molecule has 0 amide bonds. The quantitative estimate of drug-likeness (QED) is 0.835. The molecule has 0 aliphatic carbocycles. The third-order valence-electron chi connectivity index (χ3n) is 4.05. The Morgan fingerprint density at radius 2 is 2.00 bits per heavy atom. The van der Waals surface area contributed by atoms with E-state index in [1.807, 2.05) is 42.5 Å². The molecule has 1 heterocycles. The third kappa shape index (κ3) is 4.91. The zero-order valence-corrected chi connectivity index (χ0v) is 14.1. The first kappa shape index (κ1) is 16.2. The summed E-state index contributed by atoms with van der Waals surface area (Å²) >= 11 is 0. The van der Waals surface area contributed by atoms with Gasteiger partial charge in [0, 0.05) is 23.7 Å². The highest BCUT2D eigenvalue weighted by atomic mass is 32.2. The zero-order valence-electron chi connectivity index (χ0n) is 13.2. The van der Waals surface area contributed by atoms with Crippen molar-refractivity contribution in [2.45, 2.75) is 36.0 Å². The van der Waals surface area contributed by atoms with Crippen LogP contribution in [-0.4, -0.2) is 23.5 Å². The SMILES string of the molecule is O=[S@](Cc1cccc(NCC[C@H]2CCCO2)c1)c1ccccc1. The van der Waals surface area contributed by atoms with Crippen LogP contribution in [0.25, 0.3) is 0 Å². The van der Waals surface area contributed by atoms with E-state index in [9.17, 15) is 4.21 Å². The van der Waals surface area contributed by atoms with E-state index in [0.29, 0.717) is 11.9 Å². The number of ether oxygens (including phenoxy) is 1. The van der Waals surface area contributed by atoms with Crippen LogP contribution in [0.3, 0.4) is 0 Å². The highest BCUT2D eigenvalue weighted by Gasteiger charge is 2.14. The van der Waals surface area contributed by atoms with Crippen LogP contribution in [0.1, 0.15) is 24.8 Å². The van der Waals surface area contributed by atoms with Gasteiger partial charge in [-0.25, -0.2) is 0 Å². The van der Waals surface area contributed by atoms with E-state index in [1.54, 1.807) is 0 Å². The molecule has 2 atom stereocenters. The summed E-state index contributed by atoms with van der Waals surface area (Å²) in [4.78, 5) is 0.879. The number of hydrogen-bond acceptors (Lipinski definition) is 3. The van der Waals surface area contributed by atoms with E-state index in [2.05, 4.69) is 17.4 Å². The van der Waals surface area contributed by atoms with Crippen LogP contribution in [0.2, 0.25) is 0 Å². The van der Waals surface area contributed by atoms with Crippen LogP contribution >= 0.6 is 0 Å². The van der Waals surface area contributed by atoms with Crippen LogP contribution < -0.4 is 5.32 Å². The fourth-order valence-electron chi connectivity index (χ4n) is 2.83. The van der Waals surface area contributed by atoms with Gasteiger partial charge in [0.15, 0.2) is 0 Å². The third-order valence-corrected chi connectivity index (χ3v) is 5.44. The molecule has 3 nitrogen and oxygen atoms in total. The Hall–Kier alpha value is -1.65. The van der Waals surface area contributed by atoms with Gasteiger partial charge in [-0.3, -0.25) is 4.21 Å². The second-order valence-electron chi connectivity index (χ2n) is 5.85. The van der Waals surface area contributed by atoms with Crippen molar-refractivity contribution in [1.29, 1.82) is 0 Å². The van der Waals surface area contributed by atoms with E-state index in [4.69, 9.17) is 4.74 Å². The predicted octanol–water partition coefficient (Wildman–Crippen LogP) is 3.98. The van der Waals surface area contributed by atoms with Crippen molar-refractivity contribution >= 4 is 16.5 Å². The first-order valence-electron chi connectivity index (χ1n) is 8.19. The lowest BCUT2D eigenvalue weighted by Crippen LogP contribution is -2.12. The molecule has 1 fully saturated rings. The van der Waals surface area contributed by atoms with Crippen LogP contribution in [0.15, 0.2) is 59.5 Å². The number of benzene rings is 2. The summed E-state index contributed by atoms with van der Waals surface area (Å²) in [5.41, 5.74) is 2.18. The molecule has 0 spiro atoms. The van der Waals surface area contributed by atoms with E-state index in [-0.39, 0.29) is 0 Å². The molecule has 0 radical (unpaired) electrons. The molecule has 2 aromatic rings. The first-order chi connectivity index (χ1) is 11.3. The van der Waals surface area contributed by atoms with Crippen LogP contribution in [0.5, 0.6) is 0 Å². The smallest absolute Gasteiger partial charge is 0.0592 e. The predicted molar refractivity (Wildman–Crippen MR) is 95.1 cm³/mol. The molecule has 2 aromatic carbocycles. The Kier molecular flexibility index (Phi) is 5.83. The van der Waals surface area contributed by atoms with Gasteiger partial charge in [-0.2, -0.15) is 0 Å². The average Bonchev–Trinajstić information content (AvgIpc) is 3.09. The molecule has 1 aliphatic heterocycles. The number of anilines is 1. The van der Waals surface area contributed by atoms with Crippen LogP contribution in [0.4, 0.5) is 5.69 Å². The van der Waals surface area contributed by atoms with Crippen LogP contribution in [-0.2, 0) is 21.3 Å². The fourth-order valence-corrected chi connectivity index (χ4v) is 3.94. The Balaban J connectivity index is 1.53. The van der Waals surface area contributed by atoms with E-state index in [1.165, 1.54) is 12.8 Å². The molecule has 0 bridgehead atoms. The van der Waals surface area contributed by atoms with Crippen molar-refractivity contribution in [2.75, 3.05) is 18.5 Å². The van der Waals surface area contributed by atoms with Crippen molar-refractivity contribution in [3.63, 3.8) is 0 Å². The molecule has 0 aromatic heterocycles. The minimum atomic E-state index is -0.998. The molecule has 1 N–H and O–H groups in total. The van der Waals surface area contributed by atoms with Crippen molar-refractivity contribution in [2.24, 2.45) is 0 Å². The van der Waals surface area contributed by atoms with Crippen molar-refractivity contribution < 1.29 is 8.95 Å². The lowest BCUT2D eigenvalue weighted by atomic mass is 10.2. The van der Waals surface area contributed by atoms with Gasteiger partial charge in [0.2, 0.25) is 0 Å². The summed E-state index contributed by atoms with van der Waals surface area (Å²) in [6.07, 6.45) is 3.82. The second kappa shape index (κ2) is 8.27. The number of hydrogen-bond donors (Lipinski definition) is 1. The van der Waals surface area contributed by atoms with Gasteiger partial charge in [0.05, 0.1) is 22.7 Å². The number of rotatable bonds is 7. The lowest BCUT2D eigenvalue weighted by molar-refractivity contribution is 0.107. The minimum absolute atomic E-state index is 0.413. The standard InChI is InChI=1S/C19H23NO2S/c21-23(19-9-2-1-3-10-19)15-16-6-4-7-17(14-16)20-12-11-18-8-5-13-22-18/h1-4,6-7,9-10,14,18,20H,5,8,11-13,15H2/t18-,23-/m1/s1. The van der Waals surface area contributed by atoms with Gasteiger partial charge in [0.1, 0.15) is 0 Å². The van der Waals surface area contributed by atoms with Gasteiger partial charge in [-0.05, 0) is 49.1 Å². The lowest BCUT2D eigenvalue weighted by Gasteiger charge is -2.12. The summed E-state index contributed by atoms with van der Waals surface area (Å²) in [5, 5.41) is 3.45. The van der Waals surface area contributed by atoms with E-state index in [0.717, 1.165) is 35.7 Å². The Labute approximate surface area is 140 Å². The topological polar surface area (TPSA) is 38.3 Å². The Morgan fingerprint density at radius 1 is 1.13 bits per heavy atom. The van der Waals surface area contributed by atoms with Crippen molar-refractivity contribution in [1.82, 2.24) is 0 Å². The first-order valence-corrected chi connectivity index (χ1v) is 9.51. The highest BCUT2D eigenvalue weighted by molar-refractivity contribution is 7.84. The molecule has 23 heavy (non-hydrogen) atoms. The van der Waals surface area contributed by atoms with Gasteiger partial charge >= 0.3 is 0 Å². The number of nitrogens with one attached hydrogen (secondary N) is 1. The molecule has 4 heteroatoms. The van der Waals surface area contributed by atoms with Gasteiger partial charge in [-0.1, -0.05) is 30.3 Å². The fraction of sp³-hybridized carbons (Fsp3) is 0.368. The molecule has 0 unspecified atom stereocenters. The van der Waals surface area contributed by atoms with Gasteiger partial charge in [-0.15, -0.1) is 0 Å². The molecule has 1 saturated heterocycles. The molecular formula is C19H23NO2S. The Morgan fingerprint density at radius 3 is 2.78 bits per heavy atom. The minimum Gasteiger partial charge on any atom is -0.385 e. The van der Waals surface area contributed by atoms with Gasteiger partial charge < -0.3 is 10.1 Å². The molecule has 0 saturated carbocycles. The summed E-state index contributed by atoms with van der Waals surface area (Å²) in [7, 11) is -0.998. The van der Waals surface area contributed by atoms with E-state index >= 15 is 0 Å². The van der Waals surface area contributed by atoms with E-state index < -0.39 is 10.8 Å². The zero-order chi connectivity index (χ0) is 15.9. The van der Waals surface area contributed by atoms with Gasteiger partial charge in [0.25, 0.3) is 0 Å². The summed E-state index contributed by atoms with van der Waals surface area (Å²) in [6, 6.07) is 17.8. The van der Waals surface area contributed by atoms with Crippen molar-refractivity contribution in [3.05, 3.63) is 60.2 Å². The molecular weight excluding hydrogens is 306 g/mol. The monoisotopic (exact) mass is 329 g/mol. The maximum atomic E-state index is 12.4. The summed E-state index contributed by atoms with van der Waals surface area (Å²) in [6.45, 7) is 1.82. The maximum Gasteiger partial charge on any atom is 0.0592 e. The van der Waals surface area contributed by atoms with Crippen LogP contribution in [0, 0.1) is 0 Å². The molecule has 122 valence electrons. The average molecular weight is 329 g/mol. The highest BCUT2D eigenvalue weighted by Crippen LogP contribution is 2.18. The normalized spacial score (nSPS) is 18.7. The summed E-state index contributed by atoms with van der Waals surface area (Å²) in [5.74, 6) is 0.547. The maximum absolute atomic E-state index is 12.4. The summed E-state index contributed by atoms with van der Waals surface area (Å²) < 4.78 is 18.0. The van der Waals surface area contributed by atoms with Crippen molar-refractivity contribution in [3.8, 4) is 0 Å². The molecule has 3 rings (SSSR count). The second-order valence-corrected chi connectivity index (χ2v) is 7.30. The molecule has 1 aliphatic rings. The Bertz CT molecular complexity index is 639.